The molecule has 3 rings (SSSR count). The van der Waals surface area contributed by atoms with Crippen LogP contribution in [0.5, 0.6) is 11.5 Å². The van der Waals surface area contributed by atoms with Crippen molar-refractivity contribution in [3.05, 3.63) is 62.1 Å². The van der Waals surface area contributed by atoms with Gasteiger partial charge < -0.3 is 14.4 Å². The molecule has 1 amide bonds. The van der Waals surface area contributed by atoms with Crippen LogP contribution in [0, 0.1) is 10.1 Å². The summed E-state index contributed by atoms with van der Waals surface area (Å²) in [6, 6.07) is 8.51. The summed E-state index contributed by atoms with van der Waals surface area (Å²) >= 11 is 3.29. The Morgan fingerprint density at radius 1 is 1.13 bits per heavy atom. The van der Waals surface area contributed by atoms with Crippen LogP contribution >= 0.6 is 15.9 Å². The Balaban J connectivity index is 1.86. The van der Waals surface area contributed by atoms with Gasteiger partial charge in [-0.25, -0.2) is 0 Å². The summed E-state index contributed by atoms with van der Waals surface area (Å²) in [6.07, 6.45) is -5.02. The van der Waals surface area contributed by atoms with Crippen LogP contribution < -0.4 is 9.47 Å². The standard InChI is InChI=1S/C19H16BrF3N2O5/c20-14-9-17-16(29-5-6-30-17)7-13(14)8-18(26)24(11-19(21,22)23)10-12-3-1-2-4-15(12)25(27)28/h1-4,7,9H,5-6,8,10-11H2. The Morgan fingerprint density at radius 2 is 1.77 bits per heavy atom. The summed E-state index contributed by atoms with van der Waals surface area (Å²) in [7, 11) is 0. The minimum atomic E-state index is -4.66. The molecule has 0 saturated carbocycles. The maximum absolute atomic E-state index is 13.1. The number of para-hydroxylation sites is 1. The van der Waals surface area contributed by atoms with Gasteiger partial charge in [0.05, 0.1) is 17.9 Å². The van der Waals surface area contributed by atoms with Crippen LogP contribution in [0.25, 0.3) is 0 Å². The highest BCUT2D eigenvalue weighted by atomic mass is 79.9. The molecule has 0 aromatic heterocycles. The fourth-order valence-electron chi connectivity index (χ4n) is 2.99. The second-order valence-electron chi connectivity index (χ2n) is 6.51. The quantitative estimate of drug-likeness (QED) is 0.448. The summed E-state index contributed by atoms with van der Waals surface area (Å²) < 4.78 is 50.7. The van der Waals surface area contributed by atoms with Crippen LogP contribution in [-0.2, 0) is 17.8 Å². The number of nitrogens with zero attached hydrogens (tertiary/aromatic N) is 2. The first-order chi connectivity index (χ1) is 14.1. The Kier molecular flexibility index (Phi) is 6.49. The van der Waals surface area contributed by atoms with E-state index in [4.69, 9.17) is 9.47 Å². The Labute approximate surface area is 177 Å². The lowest BCUT2D eigenvalue weighted by Crippen LogP contribution is -2.39. The third-order valence-corrected chi connectivity index (χ3v) is 5.06. The summed E-state index contributed by atoms with van der Waals surface area (Å²) in [4.78, 5) is 23.8. The van der Waals surface area contributed by atoms with Crippen molar-refractivity contribution in [1.29, 1.82) is 0 Å². The predicted octanol–water partition coefficient (Wildman–Crippen LogP) is 4.26. The molecule has 0 fully saturated rings. The lowest BCUT2D eigenvalue weighted by molar-refractivity contribution is -0.385. The largest absolute Gasteiger partial charge is 0.486 e. The van der Waals surface area contributed by atoms with Crippen molar-refractivity contribution in [2.45, 2.75) is 19.1 Å². The lowest BCUT2D eigenvalue weighted by atomic mass is 10.1. The molecule has 0 unspecified atom stereocenters. The summed E-state index contributed by atoms with van der Waals surface area (Å²) in [5.41, 5.74) is 0.0818. The van der Waals surface area contributed by atoms with Gasteiger partial charge in [-0.05, 0) is 17.7 Å². The van der Waals surface area contributed by atoms with Gasteiger partial charge in [0.25, 0.3) is 5.69 Å². The van der Waals surface area contributed by atoms with Crippen molar-refractivity contribution >= 4 is 27.5 Å². The number of benzene rings is 2. The molecule has 1 aliphatic heterocycles. The smallest absolute Gasteiger partial charge is 0.406 e. The molecule has 0 radical (unpaired) electrons. The molecule has 0 aliphatic carbocycles. The van der Waals surface area contributed by atoms with E-state index in [9.17, 15) is 28.1 Å². The second kappa shape index (κ2) is 8.90. The number of ether oxygens (including phenoxy) is 2. The van der Waals surface area contributed by atoms with Crippen molar-refractivity contribution in [2.75, 3.05) is 19.8 Å². The van der Waals surface area contributed by atoms with E-state index in [0.717, 1.165) is 0 Å². The molecule has 0 atom stereocenters. The molecule has 2 aromatic carbocycles. The van der Waals surface area contributed by atoms with Gasteiger partial charge in [0, 0.05) is 16.1 Å². The van der Waals surface area contributed by atoms with Gasteiger partial charge in [0.15, 0.2) is 11.5 Å². The zero-order chi connectivity index (χ0) is 21.9. The highest BCUT2D eigenvalue weighted by Crippen LogP contribution is 2.36. The molecule has 30 heavy (non-hydrogen) atoms. The van der Waals surface area contributed by atoms with E-state index in [-0.39, 0.29) is 17.7 Å². The van der Waals surface area contributed by atoms with Crippen molar-refractivity contribution in [1.82, 2.24) is 4.90 Å². The molecule has 11 heteroatoms. The summed E-state index contributed by atoms with van der Waals surface area (Å²) in [5, 5.41) is 11.2. The average Bonchev–Trinajstić information content (AvgIpc) is 2.67. The zero-order valence-corrected chi connectivity index (χ0v) is 17.0. The van der Waals surface area contributed by atoms with Gasteiger partial charge in [0.1, 0.15) is 19.8 Å². The zero-order valence-electron chi connectivity index (χ0n) is 15.4. The average molecular weight is 489 g/mol. The van der Waals surface area contributed by atoms with Gasteiger partial charge in [-0.2, -0.15) is 13.2 Å². The number of nitro groups is 1. The highest BCUT2D eigenvalue weighted by molar-refractivity contribution is 9.10. The van der Waals surface area contributed by atoms with Crippen molar-refractivity contribution < 1.29 is 32.4 Å². The van der Waals surface area contributed by atoms with E-state index in [0.29, 0.717) is 39.6 Å². The van der Waals surface area contributed by atoms with Crippen LogP contribution in [-0.4, -0.2) is 41.7 Å². The number of carbonyl (C=O) groups is 1. The number of amides is 1. The molecule has 160 valence electrons. The summed E-state index contributed by atoms with van der Waals surface area (Å²) in [5.74, 6) is 0.0348. The first kappa shape index (κ1) is 21.9. The number of nitro benzene ring substituents is 1. The normalized spacial score (nSPS) is 13.1. The number of alkyl halides is 3. The predicted molar refractivity (Wildman–Crippen MR) is 103 cm³/mol. The second-order valence-corrected chi connectivity index (χ2v) is 7.37. The maximum atomic E-state index is 13.1. The number of hydrogen-bond donors (Lipinski definition) is 0. The molecular formula is C19H16BrF3N2O5. The molecule has 1 aliphatic rings. The number of rotatable bonds is 6. The first-order valence-electron chi connectivity index (χ1n) is 8.79. The van der Waals surface area contributed by atoms with Crippen LogP contribution in [0.4, 0.5) is 18.9 Å². The monoisotopic (exact) mass is 488 g/mol. The van der Waals surface area contributed by atoms with Gasteiger partial charge >= 0.3 is 6.18 Å². The van der Waals surface area contributed by atoms with Crippen molar-refractivity contribution in [3.63, 3.8) is 0 Å². The van der Waals surface area contributed by atoms with Crippen LogP contribution in [0.3, 0.4) is 0 Å². The minimum absolute atomic E-state index is 0.0151. The molecular weight excluding hydrogens is 473 g/mol. The fraction of sp³-hybridized carbons (Fsp3) is 0.316. The van der Waals surface area contributed by atoms with Crippen molar-refractivity contribution in [2.24, 2.45) is 0 Å². The first-order valence-corrected chi connectivity index (χ1v) is 9.58. The Hall–Kier alpha value is -2.82. The Morgan fingerprint density at radius 3 is 2.40 bits per heavy atom. The van der Waals surface area contributed by atoms with Crippen LogP contribution in [0.15, 0.2) is 40.9 Å². The SMILES string of the molecule is O=C(Cc1cc2c(cc1Br)OCCO2)N(Cc1ccccc1[N+](=O)[O-])CC(F)(F)F. The van der Waals surface area contributed by atoms with Crippen molar-refractivity contribution in [3.8, 4) is 11.5 Å². The molecule has 0 spiro atoms. The summed E-state index contributed by atoms with van der Waals surface area (Å²) in [6.45, 7) is -1.38. The number of halogens is 4. The van der Waals surface area contributed by atoms with Gasteiger partial charge in [0.2, 0.25) is 5.91 Å². The molecule has 0 bridgehead atoms. The van der Waals surface area contributed by atoms with E-state index in [2.05, 4.69) is 15.9 Å². The molecule has 0 N–H and O–H groups in total. The molecule has 1 heterocycles. The Bertz CT molecular complexity index is 968. The van der Waals surface area contributed by atoms with E-state index in [1.165, 1.54) is 30.3 Å². The van der Waals surface area contributed by atoms with Crippen LogP contribution in [0.2, 0.25) is 0 Å². The highest BCUT2D eigenvalue weighted by Gasteiger charge is 2.34. The van der Waals surface area contributed by atoms with E-state index in [1.54, 1.807) is 6.07 Å². The fourth-order valence-corrected chi connectivity index (χ4v) is 3.46. The van der Waals surface area contributed by atoms with Gasteiger partial charge in [-0.15, -0.1) is 0 Å². The van der Waals surface area contributed by atoms with E-state index >= 15 is 0 Å². The topological polar surface area (TPSA) is 81.9 Å². The lowest BCUT2D eigenvalue weighted by Gasteiger charge is -2.25. The van der Waals surface area contributed by atoms with Gasteiger partial charge in [-0.1, -0.05) is 34.1 Å². The third kappa shape index (κ3) is 5.41. The molecule has 0 saturated heterocycles. The van der Waals surface area contributed by atoms with Crippen LogP contribution in [0.1, 0.15) is 11.1 Å². The number of hydrogen-bond acceptors (Lipinski definition) is 5. The van der Waals surface area contributed by atoms with Gasteiger partial charge in [-0.3, -0.25) is 14.9 Å². The number of fused-ring (bicyclic) bond motifs is 1. The minimum Gasteiger partial charge on any atom is -0.486 e. The number of carbonyl (C=O) groups excluding carboxylic acids is 1. The maximum Gasteiger partial charge on any atom is 0.406 e. The third-order valence-electron chi connectivity index (χ3n) is 4.33. The molecule has 2 aromatic rings. The van der Waals surface area contributed by atoms with E-state index in [1.807, 2.05) is 0 Å². The molecule has 7 nitrogen and oxygen atoms in total. The van der Waals surface area contributed by atoms with E-state index < -0.39 is 30.1 Å².